The molecule has 0 radical (unpaired) electrons. The molecule has 1 aliphatic heterocycles. The minimum atomic E-state index is -1.83. The van der Waals surface area contributed by atoms with E-state index in [4.69, 9.17) is 14.3 Å². The molecule has 1 fully saturated rings. The van der Waals surface area contributed by atoms with E-state index in [2.05, 4.69) is 5.16 Å². The van der Waals surface area contributed by atoms with Gasteiger partial charge in [0.2, 0.25) is 0 Å². The quantitative estimate of drug-likeness (QED) is 0.246. The molecule has 8 nitrogen and oxygen atoms in total. The Hall–Kier alpha value is -1.58. The molecule has 0 unspecified atom stereocenters. The number of Topliss-reactive ketones (excluding diaryl/α,β-unsaturated/α-hetero) is 1. The highest BCUT2D eigenvalue weighted by Gasteiger charge is 2.48. The van der Waals surface area contributed by atoms with E-state index in [-0.39, 0.29) is 37.1 Å². The van der Waals surface area contributed by atoms with Crippen molar-refractivity contribution in [2.45, 2.75) is 98.1 Å². The predicted octanol–water partition coefficient (Wildman–Crippen LogP) is 3.71. The number of aliphatic hydroxyl groups is 2. The second-order valence-corrected chi connectivity index (χ2v) is 10.5. The van der Waals surface area contributed by atoms with Crippen molar-refractivity contribution in [1.82, 2.24) is 0 Å². The maximum Gasteiger partial charge on any atom is 0.316 e. The Kier molecular flexibility index (Phi) is 11.8. The van der Waals surface area contributed by atoms with Crippen LogP contribution in [0.15, 0.2) is 5.16 Å². The van der Waals surface area contributed by atoms with Gasteiger partial charge in [-0.05, 0) is 39.5 Å². The number of alkyl halides is 1. The molecule has 0 saturated carbocycles. The molecule has 0 spiro atoms. The summed E-state index contributed by atoms with van der Waals surface area (Å²) in [6.45, 7) is 13.4. The van der Waals surface area contributed by atoms with E-state index in [1.54, 1.807) is 27.9 Å². The molecule has 0 bridgehead atoms. The predicted molar refractivity (Wildman–Crippen MR) is 132 cm³/mol. The largest absolute Gasteiger partial charge is 0.459 e. The first-order chi connectivity index (χ1) is 16.2. The minimum absolute atomic E-state index is 0.0719. The number of carbonyl (C=O) groups is 2. The zero-order valence-corrected chi connectivity index (χ0v) is 22.8. The zero-order valence-electron chi connectivity index (χ0n) is 22.8. The lowest BCUT2D eigenvalue weighted by Gasteiger charge is -2.43. The summed E-state index contributed by atoms with van der Waals surface area (Å²) in [7, 11) is 1.57. The van der Waals surface area contributed by atoms with Gasteiger partial charge in [-0.15, -0.1) is 0 Å². The van der Waals surface area contributed by atoms with Gasteiger partial charge in [0.05, 0.1) is 24.1 Å². The average molecular weight is 504 g/mol. The number of ether oxygens (including phenoxy) is 2. The molecule has 35 heavy (non-hydrogen) atoms. The number of ketones is 1. The average Bonchev–Trinajstić information content (AvgIpc) is 2.83. The van der Waals surface area contributed by atoms with Gasteiger partial charge in [-0.25, -0.2) is 0 Å². The fraction of sp³-hybridized carbons (Fsp3) is 0.885. The van der Waals surface area contributed by atoms with Crippen LogP contribution >= 0.6 is 0 Å². The third-order valence-electron chi connectivity index (χ3n) is 7.98. The van der Waals surface area contributed by atoms with Crippen molar-refractivity contribution in [3.63, 3.8) is 0 Å². The van der Waals surface area contributed by atoms with Crippen molar-refractivity contribution in [2.75, 3.05) is 20.4 Å². The molecule has 9 atom stereocenters. The monoisotopic (exact) mass is 503 g/mol. The maximum absolute atomic E-state index is 13.2. The van der Waals surface area contributed by atoms with Crippen molar-refractivity contribution in [3.05, 3.63) is 0 Å². The molecule has 0 aromatic heterocycles. The fourth-order valence-electron chi connectivity index (χ4n) is 5.03. The Morgan fingerprint density at radius 1 is 1.14 bits per heavy atom. The lowest BCUT2D eigenvalue weighted by atomic mass is 9.71. The molecule has 0 aromatic carbocycles. The number of esters is 1. The number of hydrogen-bond acceptors (Lipinski definition) is 8. The Bertz CT molecular complexity index is 743. The molecule has 1 heterocycles. The van der Waals surface area contributed by atoms with E-state index in [0.29, 0.717) is 12.1 Å². The Morgan fingerprint density at radius 3 is 2.26 bits per heavy atom. The number of rotatable bonds is 6. The van der Waals surface area contributed by atoms with Crippen molar-refractivity contribution in [2.24, 2.45) is 34.7 Å². The van der Waals surface area contributed by atoms with Crippen molar-refractivity contribution >= 4 is 17.5 Å². The Morgan fingerprint density at radius 2 is 1.74 bits per heavy atom. The second-order valence-electron chi connectivity index (χ2n) is 10.5. The van der Waals surface area contributed by atoms with Crippen LogP contribution in [0.2, 0.25) is 0 Å². The zero-order chi connectivity index (χ0) is 27.1. The van der Waals surface area contributed by atoms with Crippen LogP contribution in [-0.4, -0.2) is 71.5 Å². The van der Waals surface area contributed by atoms with Gasteiger partial charge in [0, 0.05) is 31.3 Å². The lowest BCUT2D eigenvalue weighted by molar-refractivity contribution is -0.187. The van der Waals surface area contributed by atoms with Crippen LogP contribution in [0, 0.1) is 29.6 Å². The normalized spacial score (nSPS) is 41.4. The maximum atomic E-state index is 13.2. The summed E-state index contributed by atoms with van der Waals surface area (Å²) in [5.74, 6) is -3.79. The number of hydrogen-bond donors (Lipinski definition) is 2. The van der Waals surface area contributed by atoms with E-state index in [1.807, 2.05) is 20.8 Å². The van der Waals surface area contributed by atoms with E-state index in [9.17, 15) is 24.2 Å². The molecule has 1 rings (SSSR count). The first kappa shape index (κ1) is 31.4. The molecule has 204 valence electrons. The molecular formula is C26H46FNO7. The molecule has 0 aromatic rings. The van der Waals surface area contributed by atoms with Crippen LogP contribution in [-0.2, 0) is 23.9 Å². The number of halogens is 1. The van der Waals surface area contributed by atoms with Crippen molar-refractivity contribution in [1.29, 1.82) is 0 Å². The van der Waals surface area contributed by atoms with Gasteiger partial charge >= 0.3 is 5.97 Å². The Balaban J connectivity index is 3.61. The van der Waals surface area contributed by atoms with Crippen molar-refractivity contribution in [3.8, 4) is 0 Å². The van der Waals surface area contributed by atoms with E-state index in [1.165, 1.54) is 13.8 Å². The van der Waals surface area contributed by atoms with Gasteiger partial charge in [-0.2, -0.15) is 0 Å². The molecule has 0 aliphatic carbocycles. The highest BCUT2D eigenvalue weighted by Crippen LogP contribution is 2.38. The summed E-state index contributed by atoms with van der Waals surface area (Å²) in [5, 5.41) is 26.8. The smallest absolute Gasteiger partial charge is 0.316 e. The summed E-state index contributed by atoms with van der Waals surface area (Å²) in [4.78, 5) is 31.5. The van der Waals surface area contributed by atoms with Crippen LogP contribution in [0.3, 0.4) is 0 Å². The number of nitrogens with zero attached hydrogens (tertiary/aromatic N) is 1. The number of aliphatic hydroxyl groups excluding tert-OH is 1. The van der Waals surface area contributed by atoms with Crippen LogP contribution < -0.4 is 0 Å². The molecule has 0 amide bonds. The van der Waals surface area contributed by atoms with Gasteiger partial charge in [0.1, 0.15) is 30.0 Å². The molecule has 1 saturated heterocycles. The lowest BCUT2D eigenvalue weighted by Crippen LogP contribution is -2.56. The summed E-state index contributed by atoms with van der Waals surface area (Å²) < 4.78 is 24.1. The summed E-state index contributed by atoms with van der Waals surface area (Å²) >= 11 is 0. The second kappa shape index (κ2) is 13.1. The van der Waals surface area contributed by atoms with E-state index < -0.39 is 53.8 Å². The van der Waals surface area contributed by atoms with E-state index in [0.717, 1.165) is 0 Å². The van der Waals surface area contributed by atoms with Crippen molar-refractivity contribution < 1.29 is 38.5 Å². The van der Waals surface area contributed by atoms with Gasteiger partial charge in [-0.3, -0.25) is 14.0 Å². The first-order valence-electron chi connectivity index (χ1n) is 12.6. The molecule has 1 aliphatic rings. The minimum Gasteiger partial charge on any atom is -0.459 e. The van der Waals surface area contributed by atoms with Gasteiger partial charge in [0.15, 0.2) is 0 Å². The third-order valence-corrected chi connectivity index (χ3v) is 7.98. The molecule has 9 heteroatoms. The van der Waals surface area contributed by atoms with Crippen LogP contribution in [0.4, 0.5) is 4.39 Å². The number of methoxy groups -OCH3 is 1. The van der Waals surface area contributed by atoms with E-state index >= 15 is 0 Å². The van der Waals surface area contributed by atoms with Crippen LogP contribution in [0.25, 0.3) is 0 Å². The SMILES string of the molecule is CC[C@H]1OC(=O)[C@H](C)C(=O)[C@H](C)[C@@H](C)[C@](C)(OC)C[C@@H](C)/C(=N\OCCCF)[C@H](C)[C@@H](O)[C@]1(C)O. The summed E-state index contributed by atoms with van der Waals surface area (Å²) in [6, 6.07) is 0. The highest BCUT2D eigenvalue weighted by molar-refractivity contribution is 5.99. The Labute approximate surface area is 209 Å². The molecular weight excluding hydrogens is 457 g/mol. The number of oxime groups is 1. The third kappa shape index (κ3) is 7.23. The topological polar surface area (TPSA) is 115 Å². The standard InChI is InChI=1S/C26H46FNO7/c1-10-20-26(8,32)23(30)17(4)21(28-34-13-11-12-27)15(2)14-25(7,33-9)19(6)16(3)22(29)18(5)24(31)35-20/h15-20,23,30,32H,10-14H2,1-9H3/b28-21+/t15-,16-,17+,18-,19-,20-,23-,25-,26-/m1/s1. The number of carbonyl (C=O) groups excluding carboxylic acids is 2. The first-order valence-corrected chi connectivity index (χ1v) is 12.6. The number of cyclic esters (lactones) is 1. The fourth-order valence-corrected chi connectivity index (χ4v) is 5.03. The van der Waals surface area contributed by atoms with Gasteiger partial charge in [-0.1, -0.05) is 39.8 Å². The highest BCUT2D eigenvalue weighted by atomic mass is 19.1. The van der Waals surface area contributed by atoms with Gasteiger partial charge in [0.25, 0.3) is 0 Å². The van der Waals surface area contributed by atoms with Gasteiger partial charge < -0.3 is 24.5 Å². The summed E-state index contributed by atoms with van der Waals surface area (Å²) in [6.07, 6.45) is -1.58. The van der Waals surface area contributed by atoms with Crippen LogP contribution in [0.5, 0.6) is 0 Å². The molecule has 2 N–H and O–H groups in total. The summed E-state index contributed by atoms with van der Waals surface area (Å²) in [5.41, 5.74) is -2.14. The van der Waals surface area contributed by atoms with Crippen LogP contribution in [0.1, 0.15) is 74.7 Å².